The fourth-order valence-electron chi connectivity index (χ4n) is 2.33. The van der Waals surface area contributed by atoms with Crippen LogP contribution in [0, 0.1) is 0 Å². The summed E-state index contributed by atoms with van der Waals surface area (Å²) in [6.45, 7) is 0. The van der Waals surface area contributed by atoms with Gasteiger partial charge in [-0.1, -0.05) is 36.0 Å². The largest absolute Gasteiger partial charge is 0.867 e. The monoisotopic (exact) mass is 402 g/mol. The first kappa shape index (κ1) is 18.4. The Morgan fingerprint density at radius 2 is 1.92 bits per heavy atom. The van der Waals surface area contributed by atoms with Crippen molar-refractivity contribution in [1.82, 2.24) is 0 Å². The van der Waals surface area contributed by atoms with Crippen LogP contribution in [-0.2, 0) is 0 Å². The molecule has 0 aliphatic rings. The number of benzene rings is 1. The quantitative estimate of drug-likeness (QED) is 0.305. The van der Waals surface area contributed by atoms with Crippen LogP contribution in [0.4, 0.5) is 5.69 Å². The summed E-state index contributed by atoms with van der Waals surface area (Å²) < 4.78 is 7.48. The molecule has 0 unspecified atom stereocenters. The molecule has 1 aromatic carbocycles. The molecule has 0 radical (unpaired) electrons. The molecule has 0 aliphatic heterocycles. The molecule has 26 heavy (non-hydrogen) atoms. The molecule has 7 heteroatoms. The molecule has 0 bridgehead atoms. The molecule has 2 heterocycles. The Kier molecular flexibility index (Phi) is 5.88. The molecule has 0 atom stereocenters. The van der Waals surface area contributed by atoms with E-state index in [0.29, 0.717) is 25.6 Å². The van der Waals surface area contributed by atoms with Crippen LogP contribution in [-0.4, -0.2) is 12.1 Å². The average Bonchev–Trinajstić information content (AvgIpc) is 3.09. The van der Waals surface area contributed by atoms with E-state index in [2.05, 4.69) is 5.32 Å². The average molecular weight is 403 g/mol. The van der Waals surface area contributed by atoms with Crippen molar-refractivity contribution in [3.63, 3.8) is 0 Å². The van der Waals surface area contributed by atoms with Crippen molar-refractivity contribution in [1.29, 1.82) is 0 Å². The van der Waals surface area contributed by atoms with Gasteiger partial charge in [0.25, 0.3) is 0 Å². The van der Waals surface area contributed by atoms with Gasteiger partial charge in [0.05, 0.1) is 11.4 Å². The molecule has 4 nitrogen and oxygen atoms in total. The molecule has 0 fully saturated rings. The number of thiophene rings is 1. The summed E-state index contributed by atoms with van der Waals surface area (Å²) in [7, 11) is 1.60. The highest BCUT2D eigenvalue weighted by Crippen LogP contribution is 2.27. The molecule has 0 saturated carbocycles. The normalized spacial score (nSPS) is 11.6. The van der Waals surface area contributed by atoms with E-state index in [1.807, 2.05) is 42.5 Å². The number of nitrogens with zero attached hydrogens (tertiary/aromatic N) is 1. The van der Waals surface area contributed by atoms with Gasteiger partial charge in [-0.3, -0.25) is 0 Å². The lowest BCUT2D eigenvalue weighted by molar-refractivity contribution is -0.577. The maximum absolute atomic E-state index is 13.1. The number of anilines is 1. The SMILES string of the molecule is COc1cccc(NC(=S)C(=C([O-])c2ccc(Cl)s2)[n+]2ccccc2)c1. The zero-order valence-electron chi connectivity index (χ0n) is 13.8. The number of rotatable bonds is 5. The Labute approximate surface area is 166 Å². The summed E-state index contributed by atoms with van der Waals surface area (Å²) in [5, 5.41) is 16.2. The zero-order valence-corrected chi connectivity index (χ0v) is 16.2. The first-order valence-electron chi connectivity index (χ1n) is 7.67. The van der Waals surface area contributed by atoms with E-state index in [0.717, 1.165) is 5.69 Å². The van der Waals surface area contributed by atoms with Gasteiger partial charge in [-0.15, -0.1) is 11.3 Å². The number of pyridine rings is 1. The van der Waals surface area contributed by atoms with Gasteiger partial charge in [0, 0.05) is 28.8 Å². The maximum Gasteiger partial charge on any atom is 0.239 e. The molecule has 0 aliphatic carbocycles. The van der Waals surface area contributed by atoms with Gasteiger partial charge in [0.2, 0.25) is 5.70 Å². The fraction of sp³-hybridized carbons (Fsp3) is 0.0526. The first-order chi connectivity index (χ1) is 12.6. The van der Waals surface area contributed by atoms with Crippen molar-refractivity contribution in [2.45, 2.75) is 0 Å². The van der Waals surface area contributed by atoms with Crippen molar-refractivity contribution in [2.24, 2.45) is 0 Å². The lowest BCUT2D eigenvalue weighted by Gasteiger charge is -2.15. The smallest absolute Gasteiger partial charge is 0.239 e. The molecule has 0 spiro atoms. The Hall–Kier alpha value is -2.41. The summed E-state index contributed by atoms with van der Waals surface area (Å²) >= 11 is 12.8. The van der Waals surface area contributed by atoms with Gasteiger partial charge in [-0.2, -0.15) is 4.57 Å². The molecule has 2 aromatic heterocycles. The third-order valence-electron chi connectivity index (χ3n) is 3.53. The minimum atomic E-state index is -0.196. The first-order valence-corrected chi connectivity index (χ1v) is 9.28. The second-order valence-electron chi connectivity index (χ2n) is 5.25. The topological polar surface area (TPSA) is 48.2 Å². The number of methoxy groups -OCH3 is 1. The van der Waals surface area contributed by atoms with Crippen LogP contribution < -0.4 is 19.7 Å². The summed E-state index contributed by atoms with van der Waals surface area (Å²) in [5.41, 5.74) is 1.09. The molecule has 132 valence electrons. The highest BCUT2D eigenvalue weighted by molar-refractivity contribution is 7.81. The van der Waals surface area contributed by atoms with E-state index >= 15 is 0 Å². The highest BCUT2D eigenvalue weighted by atomic mass is 35.5. The van der Waals surface area contributed by atoms with Crippen LogP contribution in [0.1, 0.15) is 4.88 Å². The van der Waals surface area contributed by atoms with Gasteiger partial charge >= 0.3 is 0 Å². The van der Waals surface area contributed by atoms with E-state index in [1.165, 1.54) is 11.3 Å². The van der Waals surface area contributed by atoms with Gasteiger partial charge in [-0.25, -0.2) is 0 Å². The summed E-state index contributed by atoms with van der Waals surface area (Å²) in [4.78, 5) is 0.833. The van der Waals surface area contributed by atoms with Gasteiger partial charge in [0.15, 0.2) is 17.4 Å². The third-order valence-corrected chi connectivity index (χ3v) is 5.05. The van der Waals surface area contributed by atoms with E-state index < -0.39 is 0 Å². The van der Waals surface area contributed by atoms with Gasteiger partial charge in [0.1, 0.15) is 5.75 Å². The summed E-state index contributed by atoms with van der Waals surface area (Å²) in [5.74, 6) is 0.501. The third kappa shape index (κ3) is 4.22. The predicted molar refractivity (Wildman–Crippen MR) is 108 cm³/mol. The van der Waals surface area contributed by atoms with Crippen LogP contribution >= 0.6 is 35.2 Å². The Balaban J connectivity index is 2.01. The van der Waals surface area contributed by atoms with Crippen LogP contribution in [0.3, 0.4) is 0 Å². The second-order valence-corrected chi connectivity index (χ2v) is 7.37. The van der Waals surface area contributed by atoms with Crippen LogP contribution in [0.25, 0.3) is 11.5 Å². The van der Waals surface area contributed by atoms with Crippen molar-refractivity contribution in [3.05, 3.63) is 76.2 Å². The lowest BCUT2D eigenvalue weighted by Crippen LogP contribution is -2.39. The van der Waals surface area contributed by atoms with Crippen molar-refractivity contribution in [2.75, 3.05) is 12.4 Å². The standard InChI is InChI=1S/C19H15ClN2O2S2/c1-24-14-7-5-6-13(12-14)21-19(25)17(22-10-3-2-4-11-22)18(23)15-8-9-16(20)26-15/h2-12H,1H3,(H-,21,23,25). The minimum absolute atomic E-state index is 0.196. The van der Waals surface area contributed by atoms with Crippen molar-refractivity contribution >= 4 is 57.3 Å². The van der Waals surface area contributed by atoms with Gasteiger partial charge in [-0.05, 0) is 30.0 Å². The predicted octanol–water partition coefficient (Wildman–Crippen LogP) is 3.82. The number of ether oxygens (including phenoxy) is 1. The van der Waals surface area contributed by atoms with Crippen LogP contribution in [0.15, 0.2) is 67.0 Å². The van der Waals surface area contributed by atoms with Crippen molar-refractivity contribution in [3.8, 4) is 5.75 Å². The molecular weight excluding hydrogens is 388 g/mol. The van der Waals surface area contributed by atoms with E-state index in [-0.39, 0.29) is 5.76 Å². The maximum atomic E-state index is 13.1. The fourth-order valence-corrected chi connectivity index (χ4v) is 3.63. The van der Waals surface area contributed by atoms with Crippen molar-refractivity contribution < 1.29 is 14.4 Å². The Morgan fingerprint density at radius 1 is 1.15 bits per heavy atom. The van der Waals surface area contributed by atoms with E-state index in [1.54, 1.807) is 36.2 Å². The highest BCUT2D eigenvalue weighted by Gasteiger charge is 2.19. The van der Waals surface area contributed by atoms with Gasteiger partial charge < -0.3 is 15.2 Å². The number of hydrogen-bond donors (Lipinski definition) is 1. The molecule has 3 aromatic rings. The Morgan fingerprint density at radius 3 is 2.58 bits per heavy atom. The molecule has 3 rings (SSSR count). The number of halogens is 1. The van der Waals surface area contributed by atoms with E-state index in [9.17, 15) is 5.11 Å². The van der Waals surface area contributed by atoms with E-state index in [4.69, 9.17) is 28.6 Å². The molecule has 0 amide bonds. The lowest BCUT2D eigenvalue weighted by atomic mass is 10.2. The van der Waals surface area contributed by atoms with Crippen LogP contribution in [0.2, 0.25) is 4.34 Å². The molecule has 0 saturated heterocycles. The molecule has 1 N–H and O–H groups in total. The number of hydrogen-bond acceptors (Lipinski definition) is 4. The number of thiocarbonyl (C=S) groups is 1. The molecular formula is C19H15ClN2O2S2. The minimum Gasteiger partial charge on any atom is -0.867 e. The summed E-state index contributed by atoms with van der Waals surface area (Å²) in [6.07, 6.45) is 3.56. The summed E-state index contributed by atoms with van der Waals surface area (Å²) in [6, 6.07) is 16.3. The number of aromatic nitrogens is 1. The second kappa shape index (κ2) is 8.31. The zero-order chi connectivity index (χ0) is 18.5. The Bertz CT molecular complexity index is 955. The van der Waals surface area contributed by atoms with Crippen LogP contribution in [0.5, 0.6) is 5.75 Å². The number of nitrogens with one attached hydrogen (secondary N) is 1.